The van der Waals surface area contributed by atoms with E-state index in [1.807, 2.05) is 31.2 Å². The van der Waals surface area contributed by atoms with E-state index in [4.69, 9.17) is 9.84 Å². The average Bonchev–Trinajstić information content (AvgIpc) is 2.23. The van der Waals surface area contributed by atoms with Crippen LogP contribution in [0.3, 0.4) is 0 Å². The smallest absolute Gasteiger partial charge is 0.407 e. The first-order chi connectivity index (χ1) is 7.58. The van der Waals surface area contributed by atoms with Gasteiger partial charge in [0.25, 0.3) is 0 Å². The number of carboxylic acid groups (broad SMARTS) is 1. The number of carbonyl (C=O) groups excluding carboxylic acids is 1. The first kappa shape index (κ1) is 12.0. The molecule has 0 aromatic heterocycles. The van der Waals surface area contributed by atoms with Crippen molar-refractivity contribution in [2.24, 2.45) is 0 Å². The van der Waals surface area contributed by atoms with Gasteiger partial charge in [-0.05, 0) is 12.5 Å². The number of carboxylic acids is 1. The normalized spacial score (nSPS) is 9.56. The summed E-state index contributed by atoms with van der Waals surface area (Å²) in [7, 11) is 0. The highest BCUT2D eigenvalue weighted by Gasteiger charge is 2.04. The molecule has 0 saturated heterocycles. The van der Waals surface area contributed by atoms with E-state index in [9.17, 15) is 9.59 Å². The number of alkyl carbamates (subject to hydrolysis) is 1. The van der Waals surface area contributed by atoms with Crippen LogP contribution in [0.4, 0.5) is 4.79 Å². The molecule has 0 unspecified atom stereocenters. The van der Waals surface area contributed by atoms with Crippen molar-refractivity contribution in [3.05, 3.63) is 35.4 Å². The molecule has 86 valence electrons. The summed E-state index contributed by atoms with van der Waals surface area (Å²) in [6, 6.07) is 7.53. The van der Waals surface area contributed by atoms with Crippen molar-refractivity contribution in [3.8, 4) is 0 Å². The van der Waals surface area contributed by atoms with E-state index in [0.29, 0.717) is 0 Å². The van der Waals surface area contributed by atoms with Crippen LogP contribution in [-0.4, -0.2) is 23.7 Å². The van der Waals surface area contributed by atoms with E-state index in [-0.39, 0.29) is 6.61 Å². The predicted molar refractivity (Wildman–Crippen MR) is 57.0 cm³/mol. The molecule has 0 aliphatic rings. The Kier molecular flexibility index (Phi) is 4.32. The van der Waals surface area contributed by atoms with Gasteiger partial charge in [-0.2, -0.15) is 0 Å². The van der Waals surface area contributed by atoms with E-state index in [2.05, 4.69) is 5.32 Å². The summed E-state index contributed by atoms with van der Waals surface area (Å²) in [6.45, 7) is 1.63. The minimum atomic E-state index is -1.10. The number of hydrogen-bond donors (Lipinski definition) is 2. The number of aliphatic carboxylic acids is 1. The Labute approximate surface area is 93.0 Å². The second-order valence-electron chi connectivity index (χ2n) is 3.31. The van der Waals surface area contributed by atoms with Gasteiger partial charge in [0.15, 0.2) is 0 Å². The van der Waals surface area contributed by atoms with Gasteiger partial charge in [0.1, 0.15) is 13.2 Å². The highest BCUT2D eigenvalue weighted by Crippen LogP contribution is 2.05. The lowest BCUT2D eigenvalue weighted by Gasteiger charge is -2.05. The summed E-state index contributed by atoms with van der Waals surface area (Å²) in [4.78, 5) is 21.2. The number of ether oxygens (including phenoxy) is 1. The average molecular weight is 223 g/mol. The van der Waals surface area contributed by atoms with Crippen molar-refractivity contribution in [1.29, 1.82) is 0 Å². The van der Waals surface area contributed by atoms with E-state index < -0.39 is 18.6 Å². The Hall–Kier alpha value is -2.04. The van der Waals surface area contributed by atoms with Crippen molar-refractivity contribution in [2.75, 3.05) is 6.54 Å². The van der Waals surface area contributed by atoms with Crippen LogP contribution in [0.2, 0.25) is 0 Å². The number of benzene rings is 1. The number of carbonyl (C=O) groups is 2. The highest BCUT2D eigenvalue weighted by atomic mass is 16.5. The molecule has 0 saturated carbocycles. The van der Waals surface area contributed by atoms with Crippen LogP contribution in [0.1, 0.15) is 11.1 Å². The zero-order chi connectivity index (χ0) is 12.0. The fourth-order valence-corrected chi connectivity index (χ4v) is 1.15. The highest BCUT2D eigenvalue weighted by molar-refractivity contribution is 5.76. The first-order valence-corrected chi connectivity index (χ1v) is 4.76. The molecule has 1 amide bonds. The van der Waals surface area contributed by atoms with Crippen LogP contribution < -0.4 is 5.32 Å². The summed E-state index contributed by atoms with van der Waals surface area (Å²) in [5, 5.41) is 10.4. The summed E-state index contributed by atoms with van der Waals surface area (Å²) in [5.74, 6) is -1.10. The molecule has 0 radical (unpaired) electrons. The third-order valence-electron chi connectivity index (χ3n) is 1.84. The van der Waals surface area contributed by atoms with Crippen molar-refractivity contribution in [3.63, 3.8) is 0 Å². The van der Waals surface area contributed by atoms with E-state index in [0.717, 1.165) is 11.1 Å². The van der Waals surface area contributed by atoms with E-state index in [1.54, 1.807) is 0 Å². The van der Waals surface area contributed by atoms with Crippen LogP contribution in [0.15, 0.2) is 24.3 Å². The second-order valence-corrected chi connectivity index (χ2v) is 3.31. The van der Waals surface area contributed by atoms with Gasteiger partial charge >= 0.3 is 12.1 Å². The lowest BCUT2D eigenvalue weighted by atomic mass is 10.1. The minimum Gasteiger partial charge on any atom is -0.480 e. The van der Waals surface area contributed by atoms with Gasteiger partial charge in [0.05, 0.1) is 0 Å². The summed E-state index contributed by atoms with van der Waals surface area (Å²) < 4.78 is 4.82. The fraction of sp³-hybridized carbons (Fsp3) is 0.273. The molecule has 0 atom stereocenters. The molecule has 5 nitrogen and oxygen atoms in total. The SMILES string of the molecule is Cc1cccc(COC(=O)NCC(=O)O)c1. The Bertz CT molecular complexity index is 389. The van der Waals surface area contributed by atoms with E-state index >= 15 is 0 Å². The predicted octanol–water partition coefficient (Wildman–Crippen LogP) is 1.31. The third-order valence-corrected chi connectivity index (χ3v) is 1.84. The molecular formula is C11H13NO4. The fourth-order valence-electron chi connectivity index (χ4n) is 1.15. The molecule has 1 rings (SSSR count). The van der Waals surface area contributed by atoms with Gasteiger partial charge in [-0.1, -0.05) is 29.8 Å². The molecule has 2 N–H and O–H groups in total. The molecule has 1 aromatic rings. The topological polar surface area (TPSA) is 75.6 Å². The monoisotopic (exact) mass is 223 g/mol. The van der Waals surface area contributed by atoms with Crippen LogP contribution in [0.25, 0.3) is 0 Å². The lowest BCUT2D eigenvalue weighted by molar-refractivity contribution is -0.135. The van der Waals surface area contributed by atoms with Crippen LogP contribution in [0.5, 0.6) is 0 Å². The van der Waals surface area contributed by atoms with Crippen molar-refractivity contribution >= 4 is 12.1 Å². The molecule has 5 heteroatoms. The number of amides is 1. The lowest BCUT2D eigenvalue weighted by Crippen LogP contribution is -2.29. The Morgan fingerprint density at radius 1 is 1.44 bits per heavy atom. The molecule has 16 heavy (non-hydrogen) atoms. The zero-order valence-electron chi connectivity index (χ0n) is 8.90. The summed E-state index contributed by atoms with van der Waals surface area (Å²) in [5.41, 5.74) is 1.94. The molecule has 0 aliphatic heterocycles. The van der Waals surface area contributed by atoms with Crippen LogP contribution in [-0.2, 0) is 16.1 Å². The first-order valence-electron chi connectivity index (χ1n) is 4.76. The minimum absolute atomic E-state index is 0.132. The van der Waals surface area contributed by atoms with Gasteiger partial charge in [-0.15, -0.1) is 0 Å². The van der Waals surface area contributed by atoms with E-state index in [1.165, 1.54) is 0 Å². The Morgan fingerprint density at radius 3 is 2.81 bits per heavy atom. The molecule has 0 aliphatic carbocycles. The maximum atomic E-state index is 11.0. The van der Waals surface area contributed by atoms with Crippen LogP contribution in [0, 0.1) is 6.92 Å². The van der Waals surface area contributed by atoms with Gasteiger partial charge in [0.2, 0.25) is 0 Å². The zero-order valence-corrected chi connectivity index (χ0v) is 8.90. The summed E-state index contributed by atoms with van der Waals surface area (Å²) >= 11 is 0. The maximum Gasteiger partial charge on any atom is 0.407 e. The van der Waals surface area contributed by atoms with Crippen molar-refractivity contribution in [2.45, 2.75) is 13.5 Å². The number of aryl methyl sites for hydroxylation is 1. The molecule has 1 aromatic carbocycles. The quantitative estimate of drug-likeness (QED) is 0.806. The number of hydrogen-bond acceptors (Lipinski definition) is 3. The Morgan fingerprint density at radius 2 is 2.19 bits per heavy atom. The molecular weight excluding hydrogens is 210 g/mol. The Balaban J connectivity index is 2.34. The standard InChI is InChI=1S/C11H13NO4/c1-8-3-2-4-9(5-8)7-16-11(15)12-6-10(13)14/h2-5H,6-7H2,1H3,(H,12,15)(H,13,14). The maximum absolute atomic E-state index is 11.0. The second kappa shape index (κ2) is 5.75. The molecule has 0 spiro atoms. The third kappa shape index (κ3) is 4.45. The molecule has 0 fully saturated rings. The van der Waals surface area contributed by atoms with Gasteiger partial charge in [0, 0.05) is 0 Å². The number of rotatable bonds is 4. The summed E-state index contributed by atoms with van der Waals surface area (Å²) in [6.07, 6.45) is -0.732. The van der Waals surface area contributed by atoms with Gasteiger partial charge in [-0.3, -0.25) is 4.79 Å². The number of nitrogens with one attached hydrogen (secondary N) is 1. The van der Waals surface area contributed by atoms with Gasteiger partial charge in [-0.25, -0.2) is 4.79 Å². The van der Waals surface area contributed by atoms with Gasteiger partial charge < -0.3 is 15.2 Å². The van der Waals surface area contributed by atoms with Crippen molar-refractivity contribution in [1.82, 2.24) is 5.32 Å². The largest absolute Gasteiger partial charge is 0.480 e. The van der Waals surface area contributed by atoms with Crippen LogP contribution >= 0.6 is 0 Å². The molecule has 0 heterocycles. The molecule has 0 bridgehead atoms. The van der Waals surface area contributed by atoms with Crippen molar-refractivity contribution < 1.29 is 19.4 Å².